The predicted octanol–water partition coefficient (Wildman–Crippen LogP) is 3.88. The topological polar surface area (TPSA) is 59.8 Å². The molecule has 0 spiro atoms. The van der Waals surface area contributed by atoms with Gasteiger partial charge in [-0.2, -0.15) is 5.10 Å². The second-order valence-electron chi connectivity index (χ2n) is 6.61. The number of aromatic nitrogens is 2. The summed E-state index contributed by atoms with van der Waals surface area (Å²) in [5.74, 6) is 1.69. The van der Waals surface area contributed by atoms with Gasteiger partial charge in [-0.05, 0) is 49.7 Å². The van der Waals surface area contributed by atoms with Gasteiger partial charge in [0.15, 0.2) is 6.29 Å². The number of nitrogens with zero attached hydrogens (tertiary/aromatic N) is 2. The van der Waals surface area contributed by atoms with Crippen LogP contribution in [0.5, 0.6) is 5.75 Å². The number of aryl methyl sites for hydroxylation is 2. The van der Waals surface area contributed by atoms with Crippen molar-refractivity contribution in [1.82, 2.24) is 9.78 Å². The standard InChI is InChI=1S/C21H22N2O3S/c1-14-10-18(8-9-19(14)25-12-20-21(24)26-20)27-13-16-11-23(22-15(16)2)17-6-4-3-5-7-17/h3-11,20-21,24H,12-13H2,1-2H3. The summed E-state index contributed by atoms with van der Waals surface area (Å²) < 4.78 is 12.6. The number of para-hydroxylation sites is 1. The van der Waals surface area contributed by atoms with Gasteiger partial charge in [0.1, 0.15) is 18.5 Å². The van der Waals surface area contributed by atoms with E-state index in [-0.39, 0.29) is 6.10 Å². The van der Waals surface area contributed by atoms with Crippen LogP contribution in [0, 0.1) is 13.8 Å². The van der Waals surface area contributed by atoms with E-state index in [0.717, 1.165) is 28.4 Å². The molecule has 27 heavy (non-hydrogen) atoms. The molecule has 2 aromatic carbocycles. The zero-order valence-electron chi connectivity index (χ0n) is 15.3. The number of benzene rings is 2. The molecule has 6 heteroatoms. The molecule has 0 saturated carbocycles. The second kappa shape index (κ2) is 7.76. The zero-order valence-corrected chi connectivity index (χ0v) is 16.1. The SMILES string of the molecule is Cc1cc(SCc2cn(-c3ccccc3)nc2C)ccc1OCC1OC1O. The Kier molecular flexibility index (Phi) is 5.20. The number of epoxide rings is 1. The highest BCUT2D eigenvalue weighted by atomic mass is 32.2. The van der Waals surface area contributed by atoms with E-state index in [1.165, 1.54) is 10.5 Å². The van der Waals surface area contributed by atoms with Gasteiger partial charge >= 0.3 is 0 Å². The second-order valence-corrected chi connectivity index (χ2v) is 7.66. The average Bonchev–Trinajstić information content (AvgIpc) is 3.25. The van der Waals surface area contributed by atoms with Crippen LogP contribution >= 0.6 is 11.8 Å². The van der Waals surface area contributed by atoms with Gasteiger partial charge in [-0.3, -0.25) is 0 Å². The Hall–Kier alpha value is -2.28. The molecule has 1 aliphatic heterocycles. The fraction of sp³-hybridized carbons (Fsp3) is 0.286. The van der Waals surface area contributed by atoms with E-state index in [2.05, 4.69) is 35.6 Å². The van der Waals surface area contributed by atoms with Crippen LogP contribution in [-0.2, 0) is 10.5 Å². The first-order valence-electron chi connectivity index (χ1n) is 8.90. The van der Waals surface area contributed by atoms with Gasteiger partial charge in [-0.1, -0.05) is 18.2 Å². The van der Waals surface area contributed by atoms with Crippen molar-refractivity contribution in [3.63, 3.8) is 0 Å². The summed E-state index contributed by atoms with van der Waals surface area (Å²) in [6, 6.07) is 16.3. The van der Waals surface area contributed by atoms with Crippen molar-refractivity contribution < 1.29 is 14.6 Å². The Morgan fingerprint density at radius 3 is 2.67 bits per heavy atom. The van der Waals surface area contributed by atoms with Crippen LogP contribution in [0.2, 0.25) is 0 Å². The number of hydrogen-bond acceptors (Lipinski definition) is 5. The van der Waals surface area contributed by atoms with Crippen LogP contribution in [0.15, 0.2) is 59.6 Å². The Bertz CT molecular complexity index is 926. The maximum absolute atomic E-state index is 9.18. The lowest BCUT2D eigenvalue weighted by Crippen LogP contribution is -2.07. The summed E-state index contributed by atoms with van der Waals surface area (Å²) in [7, 11) is 0. The largest absolute Gasteiger partial charge is 0.490 e. The molecule has 0 radical (unpaired) electrons. The Balaban J connectivity index is 1.38. The number of aliphatic hydroxyl groups excluding tert-OH is 1. The minimum Gasteiger partial charge on any atom is -0.490 e. The van der Waals surface area contributed by atoms with E-state index in [1.807, 2.05) is 42.8 Å². The van der Waals surface area contributed by atoms with Crippen LogP contribution in [0.4, 0.5) is 0 Å². The molecule has 0 bridgehead atoms. The van der Waals surface area contributed by atoms with Crippen LogP contribution < -0.4 is 4.74 Å². The quantitative estimate of drug-likeness (QED) is 0.496. The van der Waals surface area contributed by atoms with Crippen LogP contribution in [0.3, 0.4) is 0 Å². The molecule has 140 valence electrons. The number of hydrogen-bond donors (Lipinski definition) is 1. The van der Waals surface area contributed by atoms with E-state index in [1.54, 1.807) is 11.8 Å². The van der Waals surface area contributed by atoms with Crippen molar-refractivity contribution in [1.29, 1.82) is 0 Å². The Morgan fingerprint density at radius 2 is 1.96 bits per heavy atom. The highest BCUT2D eigenvalue weighted by Gasteiger charge is 2.37. The zero-order chi connectivity index (χ0) is 18.8. The van der Waals surface area contributed by atoms with Gasteiger partial charge in [0.05, 0.1) is 11.4 Å². The van der Waals surface area contributed by atoms with Crippen molar-refractivity contribution in [2.45, 2.75) is 36.9 Å². The fourth-order valence-electron chi connectivity index (χ4n) is 2.81. The molecule has 3 aromatic rings. The van der Waals surface area contributed by atoms with Crippen molar-refractivity contribution in [2.75, 3.05) is 6.61 Å². The third-order valence-corrected chi connectivity index (χ3v) is 5.56. The number of aliphatic hydroxyl groups is 1. The average molecular weight is 382 g/mol. The van der Waals surface area contributed by atoms with E-state index in [0.29, 0.717) is 6.61 Å². The summed E-state index contributed by atoms with van der Waals surface area (Å²) in [5.41, 5.74) is 4.42. The number of ether oxygens (including phenoxy) is 2. The molecular formula is C21H22N2O3S. The van der Waals surface area contributed by atoms with Gasteiger partial charge in [0, 0.05) is 22.4 Å². The monoisotopic (exact) mass is 382 g/mol. The third-order valence-electron chi connectivity index (χ3n) is 4.52. The Labute approximate surface area is 162 Å². The van der Waals surface area contributed by atoms with Crippen molar-refractivity contribution in [3.8, 4) is 11.4 Å². The maximum Gasteiger partial charge on any atom is 0.185 e. The molecule has 1 aliphatic rings. The molecular weight excluding hydrogens is 360 g/mol. The lowest BCUT2D eigenvalue weighted by Gasteiger charge is -2.09. The summed E-state index contributed by atoms with van der Waals surface area (Å²) >= 11 is 1.78. The van der Waals surface area contributed by atoms with Crippen LogP contribution in [0.25, 0.3) is 5.69 Å². The maximum atomic E-state index is 9.18. The molecule has 2 heterocycles. The third kappa shape index (κ3) is 4.35. The van der Waals surface area contributed by atoms with E-state index < -0.39 is 6.29 Å². The lowest BCUT2D eigenvalue weighted by atomic mass is 10.2. The summed E-state index contributed by atoms with van der Waals surface area (Å²) in [6.45, 7) is 4.46. The molecule has 1 aromatic heterocycles. The number of thioether (sulfide) groups is 1. The van der Waals surface area contributed by atoms with E-state index >= 15 is 0 Å². The highest BCUT2D eigenvalue weighted by Crippen LogP contribution is 2.30. The molecule has 1 saturated heterocycles. The van der Waals surface area contributed by atoms with E-state index in [9.17, 15) is 5.11 Å². The molecule has 2 atom stereocenters. The van der Waals surface area contributed by atoms with Crippen molar-refractivity contribution >= 4 is 11.8 Å². The first-order chi connectivity index (χ1) is 13.1. The molecule has 0 amide bonds. The van der Waals surface area contributed by atoms with Gasteiger partial charge in [0.2, 0.25) is 0 Å². The van der Waals surface area contributed by atoms with Crippen LogP contribution in [-0.4, -0.2) is 33.9 Å². The molecule has 0 aliphatic carbocycles. The summed E-state index contributed by atoms with van der Waals surface area (Å²) in [6.07, 6.45) is 1.24. The molecule has 4 rings (SSSR count). The van der Waals surface area contributed by atoms with Crippen molar-refractivity contribution in [3.05, 3.63) is 71.5 Å². The van der Waals surface area contributed by atoms with Crippen molar-refractivity contribution in [2.24, 2.45) is 0 Å². The molecule has 1 fully saturated rings. The first-order valence-corrected chi connectivity index (χ1v) is 9.89. The normalized spacial score (nSPS) is 18.5. The first kappa shape index (κ1) is 18.1. The minimum atomic E-state index is -0.667. The summed E-state index contributed by atoms with van der Waals surface area (Å²) in [4.78, 5) is 1.19. The minimum absolute atomic E-state index is 0.192. The Morgan fingerprint density at radius 1 is 1.19 bits per heavy atom. The van der Waals surface area contributed by atoms with Gasteiger partial charge < -0.3 is 14.6 Å². The van der Waals surface area contributed by atoms with Gasteiger partial charge in [-0.15, -0.1) is 11.8 Å². The van der Waals surface area contributed by atoms with Crippen LogP contribution in [0.1, 0.15) is 16.8 Å². The smallest absolute Gasteiger partial charge is 0.185 e. The summed E-state index contributed by atoms with van der Waals surface area (Å²) in [5, 5.41) is 13.8. The van der Waals surface area contributed by atoms with E-state index in [4.69, 9.17) is 9.47 Å². The predicted molar refractivity (Wildman–Crippen MR) is 105 cm³/mol. The fourth-order valence-corrected chi connectivity index (χ4v) is 3.84. The number of rotatable bonds is 7. The molecule has 1 N–H and O–H groups in total. The highest BCUT2D eigenvalue weighted by molar-refractivity contribution is 7.98. The molecule has 5 nitrogen and oxygen atoms in total. The lowest BCUT2D eigenvalue weighted by molar-refractivity contribution is 0.155. The van der Waals surface area contributed by atoms with Gasteiger partial charge in [-0.25, -0.2) is 4.68 Å². The molecule has 2 unspecified atom stereocenters. The van der Waals surface area contributed by atoms with Gasteiger partial charge in [0.25, 0.3) is 0 Å².